The smallest absolute Gasteiger partial charge is 0.338 e. The van der Waals surface area contributed by atoms with Gasteiger partial charge in [0.05, 0.1) is 118 Å². The van der Waals surface area contributed by atoms with Gasteiger partial charge >= 0.3 is 5.97 Å². The van der Waals surface area contributed by atoms with Crippen molar-refractivity contribution >= 4 is 5.97 Å². The molecule has 0 amide bonds. The molecule has 39 heavy (non-hydrogen) atoms. The van der Waals surface area contributed by atoms with E-state index in [9.17, 15) is 4.79 Å². The number of esters is 1. The van der Waals surface area contributed by atoms with Gasteiger partial charge in [0.25, 0.3) is 0 Å². The minimum Gasteiger partial charge on any atom is -0.460 e. The van der Waals surface area contributed by atoms with E-state index in [4.69, 9.17) is 53.8 Å². The number of hydrogen-bond donors (Lipinski definition) is 0. The highest BCUT2D eigenvalue weighted by atomic mass is 16.6. The Labute approximate surface area is 232 Å². The summed E-state index contributed by atoms with van der Waals surface area (Å²) in [4.78, 5) is 11.8. The van der Waals surface area contributed by atoms with Crippen molar-refractivity contribution in [3.05, 3.63) is 35.9 Å². The van der Waals surface area contributed by atoms with Crippen LogP contribution in [0.4, 0.5) is 0 Å². The summed E-state index contributed by atoms with van der Waals surface area (Å²) in [5, 5.41) is 0. The highest BCUT2D eigenvalue weighted by Crippen LogP contribution is 2.00. The summed E-state index contributed by atoms with van der Waals surface area (Å²) in [7, 11) is 0. The molecule has 0 bridgehead atoms. The monoisotopic (exact) mass is 556 g/mol. The van der Waals surface area contributed by atoms with Crippen molar-refractivity contribution < 1.29 is 52.2 Å². The first-order valence-corrected chi connectivity index (χ1v) is 13.2. The van der Waals surface area contributed by atoms with E-state index in [0.29, 0.717) is 124 Å². The van der Waals surface area contributed by atoms with Crippen LogP contribution in [0, 0.1) is 12.3 Å². The Morgan fingerprint density at radius 1 is 0.487 bits per heavy atom. The summed E-state index contributed by atoms with van der Waals surface area (Å²) < 4.78 is 53.5. The molecule has 0 radical (unpaired) electrons. The van der Waals surface area contributed by atoms with E-state index in [0.717, 1.165) is 0 Å². The summed E-state index contributed by atoms with van der Waals surface area (Å²) in [5.41, 5.74) is 0.526. The van der Waals surface area contributed by atoms with Crippen LogP contribution in [0.15, 0.2) is 30.3 Å². The Kier molecular flexibility index (Phi) is 25.9. The van der Waals surface area contributed by atoms with Crippen molar-refractivity contribution in [2.45, 2.75) is 0 Å². The molecule has 11 heteroatoms. The first-order valence-electron chi connectivity index (χ1n) is 13.2. The fourth-order valence-corrected chi connectivity index (χ4v) is 2.74. The molecule has 0 N–H and O–H groups in total. The second-order valence-electron chi connectivity index (χ2n) is 7.66. The third-order valence-corrected chi connectivity index (χ3v) is 4.63. The van der Waals surface area contributed by atoms with Crippen LogP contribution in [0.25, 0.3) is 0 Å². The van der Waals surface area contributed by atoms with Gasteiger partial charge in [-0.1, -0.05) is 24.1 Å². The summed E-state index contributed by atoms with van der Waals surface area (Å²) in [6.45, 7) is 8.63. The van der Waals surface area contributed by atoms with Crippen LogP contribution in [0.5, 0.6) is 0 Å². The molecule has 1 aromatic rings. The lowest BCUT2D eigenvalue weighted by atomic mass is 10.2. The van der Waals surface area contributed by atoms with Crippen LogP contribution in [0.1, 0.15) is 10.4 Å². The standard InChI is InChI=1S/C28H44O11/c1-2-8-30-9-10-31-11-12-32-13-14-33-15-16-34-17-18-35-19-20-36-21-22-37-23-24-38-25-26-39-28(29)27-6-4-3-5-7-27/h1,3-7H,8-26H2. The molecule has 0 saturated heterocycles. The minimum atomic E-state index is -0.356. The van der Waals surface area contributed by atoms with Crippen LogP contribution in [-0.4, -0.2) is 132 Å². The third kappa shape index (κ3) is 24.7. The number of hydrogen-bond acceptors (Lipinski definition) is 11. The lowest BCUT2D eigenvalue weighted by Crippen LogP contribution is -2.15. The fraction of sp³-hybridized carbons (Fsp3) is 0.679. The van der Waals surface area contributed by atoms with Gasteiger partial charge in [0, 0.05) is 0 Å². The van der Waals surface area contributed by atoms with Crippen LogP contribution in [-0.2, 0) is 47.4 Å². The molecular formula is C28H44O11. The van der Waals surface area contributed by atoms with Crippen molar-refractivity contribution in [2.24, 2.45) is 0 Å². The summed E-state index contributed by atoms with van der Waals surface area (Å²) in [5.74, 6) is 2.04. The second-order valence-corrected chi connectivity index (χ2v) is 7.66. The van der Waals surface area contributed by atoms with Crippen molar-refractivity contribution in [1.29, 1.82) is 0 Å². The van der Waals surface area contributed by atoms with E-state index in [1.807, 2.05) is 6.07 Å². The van der Waals surface area contributed by atoms with Crippen molar-refractivity contribution in [1.82, 2.24) is 0 Å². The van der Waals surface area contributed by atoms with Gasteiger partial charge in [-0.15, -0.1) is 6.42 Å². The molecule has 11 nitrogen and oxygen atoms in total. The maximum atomic E-state index is 11.8. The van der Waals surface area contributed by atoms with Gasteiger partial charge in [-0.25, -0.2) is 4.79 Å². The lowest BCUT2D eigenvalue weighted by Gasteiger charge is -2.09. The van der Waals surface area contributed by atoms with Crippen LogP contribution >= 0.6 is 0 Å². The second kappa shape index (κ2) is 28.9. The Balaban J connectivity index is 1.66. The summed E-state index contributed by atoms with van der Waals surface area (Å²) in [6, 6.07) is 8.85. The molecule has 222 valence electrons. The maximum Gasteiger partial charge on any atom is 0.338 e. The van der Waals surface area contributed by atoms with E-state index >= 15 is 0 Å². The minimum absolute atomic E-state index is 0.203. The third-order valence-electron chi connectivity index (χ3n) is 4.63. The maximum absolute atomic E-state index is 11.8. The van der Waals surface area contributed by atoms with Gasteiger partial charge in [-0.05, 0) is 12.1 Å². The average Bonchev–Trinajstić information content (AvgIpc) is 2.96. The van der Waals surface area contributed by atoms with Crippen LogP contribution < -0.4 is 0 Å². The van der Waals surface area contributed by atoms with Gasteiger partial charge in [0.15, 0.2) is 0 Å². The molecule has 0 aliphatic carbocycles. The normalized spacial score (nSPS) is 10.9. The molecule has 0 atom stereocenters. The molecule has 0 heterocycles. The average molecular weight is 557 g/mol. The topological polar surface area (TPSA) is 109 Å². The van der Waals surface area contributed by atoms with Crippen LogP contribution in [0.2, 0.25) is 0 Å². The first-order chi connectivity index (χ1) is 19.3. The molecule has 1 aromatic carbocycles. The molecule has 0 saturated carbocycles. The lowest BCUT2D eigenvalue weighted by molar-refractivity contribution is -0.0255. The molecule has 0 aliphatic rings. The Hall–Kier alpha value is -2.11. The Morgan fingerprint density at radius 2 is 0.795 bits per heavy atom. The van der Waals surface area contributed by atoms with E-state index in [1.54, 1.807) is 24.3 Å². The SMILES string of the molecule is C#CCOCCOCCOCCOCCOCCOCCOCCOCCOCCOC(=O)c1ccccc1. The molecule has 0 aromatic heterocycles. The number of carbonyl (C=O) groups excluding carboxylic acids is 1. The quantitative estimate of drug-likeness (QED) is 0.0816. The largest absolute Gasteiger partial charge is 0.460 e. The van der Waals surface area contributed by atoms with Crippen molar-refractivity contribution in [3.8, 4) is 12.3 Å². The number of benzene rings is 1. The highest BCUT2D eigenvalue weighted by molar-refractivity contribution is 5.89. The van der Waals surface area contributed by atoms with Gasteiger partial charge in [0.2, 0.25) is 0 Å². The molecular weight excluding hydrogens is 512 g/mol. The number of ether oxygens (including phenoxy) is 10. The summed E-state index contributed by atoms with van der Waals surface area (Å²) in [6.07, 6.45) is 5.07. The van der Waals surface area contributed by atoms with E-state index in [1.165, 1.54) is 0 Å². The van der Waals surface area contributed by atoms with Gasteiger partial charge < -0.3 is 47.4 Å². The molecule has 0 aliphatic heterocycles. The van der Waals surface area contributed by atoms with Gasteiger partial charge in [-0.3, -0.25) is 0 Å². The molecule has 1 rings (SSSR count). The predicted octanol–water partition coefficient (Wildman–Crippen LogP) is 1.63. The predicted molar refractivity (Wildman–Crippen MR) is 143 cm³/mol. The molecule has 0 spiro atoms. The number of terminal acetylenes is 1. The molecule has 0 unspecified atom stereocenters. The number of rotatable bonds is 29. The zero-order chi connectivity index (χ0) is 27.9. The van der Waals surface area contributed by atoms with Crippen molar-refractivity contribution in [2.75, 3.05) is 126 Å². The highest BCUT2D eigenvalue weighted by Gasteiger charge is 2.05. The summed E-state index contributed by atoms with van der Waals surface area (Å²) >= 11 is 0. The number of carbonyl (C=O) groups is 1. The zero-order valence-corrected chi connectivity index (χ0v) is 22.9. The van der Waals surface area contributed by atoms with Crippen LogP contribution in [0.3, 0.4) is 0 Å². The van der Waals surface area contributed by atoms with Gasteiger partial charge in [-0.2, -0.15) is 0 Å². The molecule has 0 fully saturated rings. The Morgan fingerprint density at radius 3 is 1.13 bits per heavy atom. The van der Waals surface area contributed by atoms with E-state index < -0.39 is 0 Å². The van der Waals surface area contributed by atoms with E-state index in [-0.39, 0.29) is 12.6 Å². The van der Waals surface area contributed by atoms with E-state index in [2.05, 4.69) is 5.92 Å². The van der Waals surface area contributed by atoms with Crippen molar-refractivity contribution in [3.63, 3.8) is 0 Å². The zero-order valence-electron chi connectivity index (χ0n) is 22.9. The Bertz CT molecular complexity index is 696. The first kappa shape index (κ1) is 34.9. The van der Waals surface area contributed by atoms with Gasteiger partial charge in [0.1, 0.15) is 13.2 Å². The fourth-order valence-electron chi connectivity index (χ4n) is 2.74.